The van der Waals surface area contributed by atoms with E-state index in [9.17, 15) is 0 Å². The van der Waals surface area contributed by atoms with Crippen molar-refractivity contribution in [2.75, 3.05) is 6.54 Å². The molecule has 0 aliphatic rings. The third-order valence-corrected chi connectivity index (χ3v) is 4.19. The van der Waals surface area contributed by atoms with E-state index in [4.69, 9.17) is 11.6 Å². The maximum Gasteiger partial charge on any atom is 0.0705 e. The summed E-state index contributed by atoms with van der Waals surface area (Å²) in [7, 11) is 0. The number of aromatic nitrogens is 2. The first kappa shape index (κ1) is 13.5. The summed E-state index contributed by atoms with van der Waals surface area (Å²) in [6, 6.07) is 4.10. The van der Waals surface area contributed by atoms with Crippen LogP contribution in [0.4, 0.5) is 0 Å². The molecule has 0 bridgehead atoms. The second-order valence-corrected chi connectivity index (χ2v) is 5.50. The van der Waals surface area contributed by atoms with Gasteiger partial charge < -0.3 is 5.32 Å². The monoisotopic (exact) mass is 281 g/mol. The first-order chi connectivity index (χ1) is 8.63. The number of hydrogen-bond acceptors (Lipinski definition) is 4. The lowest BCUT2D eigenvalue weighted by atomic mass is 10.0. The number of rotatable bonds is 4. The van der Waals surface area contributed by atoms with Crippen LogP contribution in [0.1, 0.15) is 34.8 Å². The van der Waals surface area contributed by atoms with E-state index >= 15 is 0 Å². The molecule has 2 aromatic rings. The van der Waals surface area contributed by atoms with Gasteiger partial charge in [0.25, 0.3) is 0 Å². The van der Waals surface area contributed by atoms with Crippen LogP contribution >= 0.6 is 22.9 Å². The van der Waals surface area contributed by atoms with E-state index in [2.05, 4.69) is 28.5 Å². The summed E-state index contributed by atoms with van der Waals surface area (Å²) in [5.41, 5.74) is 3.01. The molecule has 18 heavy (non-hydrogen) atoms. The summed E-state index contributed by atoms with van der Waals surface area (Å²) in [6.45, 7) is 6.90. The number of hydrogen-bond donors (Lipinski definition) is 1. The molecular formula is C13H16ClN3S. The molecule has 1 N–H and O–H groups in total. The van der Waals surface area contributed by atoms with Gasteiger partial charge in [-0.2, -0.15) is 10.2 Å². The topological polar surface area (TPSA) is 37.8 Å². The lowest BCUT2D eigenvalue weighted by Crippen LogP contribution is -2.23. The van der Waals surface area contributed by atoms with Crippen LogP contribution in [0.5, 0.6) is 0 Å². The van der Waals surface area contributed by atoms with Gasteiger partial charge in [0.05, 0.1) is 22.5 Å². The van der Waals surface area contributed by atoms with Crippen LogP contribution in [0, 0.1) is 13.8 Å². The minimum Gasteiger partial charge on any atom is -0.306 e. The van der Waals surface area contributed by atoms with Crippen molar-refractivity contribution < 1.29 is 0 Å². The average Bonchev–Trinajstić information content (AvgIpc) is 2.76. The highest BCUT2D eigenvalue weighted by Crippen LogP contribution is 2.33. The zero-order chi connectivity index (χ0) is 13.1. The summed E-state index contributed by atoms with van der Waals surface area (Å²) in [5, 5.41) is 14.6. The number of nitrogens with zero attached hydrogens (tertiary/aromatic N) is 2. The zero-order valence-corrected chi connectivity index (χ0v) is 12.3. The smallest absolute Gasteiger partial charge is 0.0705 e. The summed E-state index contributed by atoms with van der Waals surface area (Å²) < 4.78 is 0. The minimum atomic E-state index is 0.0942. The molecular weight excluding hydrogens is 266 g/mol. The first-order valence-corrected chi connectivity index (χ1v) is 7.16. The van der Waals surface area contributed by atoms with Crippen LogP contribution in [0.3, 0.4) is 0 Å². The molecule has 96 valence electrons. The highest BCUT2D eigenvalue weighted by atomic mass is 35.5. The Bertz CT molecular complexity index is 539. The Morgan fingerprint density at radius 1 is 1.39 bits per heavy atom. The molecule has 1 atom stereocenters. The molecule has 0 saturated heterocycles. The van der Waals surface area contributed by atoms with E-state index in [0.717, 1.165) is 33.4 Å². The maximum absolute atomic E-state index is 6.25. The SMILES string of the molecule is CCNC(c1cc(C)nnc1C)c1sccc1Cl. The fraction of sp³-hybridized carbons (Fsp3) is 0.385. The summed E-state index contributed by atoms with van der Waals surface area (Å²) in [4.78, 5) is 1.13. The van der Waals surface area contributed by atoms with E-state index in [-0.39, 0.29) is 6.04 Å². The molecule has 1 unspecified atom stereocenters. The minimum absolute atomic E-state index is 0.0942. The Labute approximate surface area is 116 Å². The van der Waals surface area contributed by atoms with Crippen molar-refractivity contribution in [3.8, 4) is 0 Å². The van der Waals surface area contributed by atoms with Crippen LogP contribution in [-0.4, -0.2) is 16.7 Å². The molecule has 0 amide bonds. The summed E-state index contributed by atoms with van der Waals surface area (Å²) in [6.07, 6.45) is 0. The van der Waals surface area contributed by atoms with Gasteiger partial charge in [-0.1, -0.05) is 18.5 Å². The van der Waals surface area contributed by atoms with Crippen molar-refractivity contribution in [2.45, 2.75) is 26.8 Å². The van der Waals surface area contributed by atoms with Gasteiger partial charge in [-0.3, -0.25) is 0 Å². The number of nitrogens with one attached hydrogen (secondary N) is 1. The fourth-order valence-corrected chi connectivity index (χ4v) is 3.18. The van der Waals surface area contributed by atoms with Crippen molar-refractivity contribution in [3.63, 3.8) is 0 Å². The highest BCUT2D eigenvalue weighted by molar-refractivity contribution is 7.10. The van der Waals surface area contributed by atoms with Gasteiger partial charge in [0.2, 0.25) is 0 Å². The number of halogens is 1. The molecule has 0 spiro atoms. The lowest BCUT2D eigenvalue weighted by molar-refractivity contribution is 0.629. The van der Waals surface area contributed by atoms with Crippen molar-refractivity contribution in [3.05, 3.63) is 44.4 Å². The predicted molar refractivity (Wildman–Crippen MR) is 76.4 cm³/mol. The van der Waals surface area contributed by atoms with Gasteiger partial charge in [0, 0.05) is 4.88 Å². The van der Waals surface area contributed by atoms with Crippen molar-refractivity contribution in [2.24, 2.45) is 0 Å². The second-order valence-electron chi connectivity index (χ2n) is 4.15. The van der Waals surface area contributed by atoms with Crippen LogP contribution in [0.15, 0.2) is 17.5 Å². The number of aryl methyl sites for hydroxylation is 2. The van der Waals surface area contributed by atoms with Gasteiger partial charge in [0.15, 0.2) is 0 Å². The average molecular weight is 282 g/mol. The Balaban J connectivity index is 2.48. The quantitative estimate of drug-likeness (QED) is 0.932. The van der Waals surface area contributed by atoms with Gasteiger partial charge >= 0.3 is 0 Å². The highest BCUT2D eigenvalue weighted by Gasteiger charge is 2.20. The van der Waals surface area contributed by atoms with E-state index in [1.54, 1.807) is 11.3 Å². The Hall–Kier alpha value is -0.970. The van der Waals surface area contributed by atoms with Crippen molar-refractivity contribution in [1.29, 1.82) is 0 Å². The Kier molecular flexibility index (Phi) is 4.32. The molecule has 5 heteroatoms. The normalized spacial score (nSPS) is 12.7. The predicted octanol–water partition coefficient (Wildman–Crippen LogP) is 3.51. The molecule has 0 aromatic carbocycles. The van der Waals surface area contributed by atoms with Gasteiger partial charge in [-0.05, 0) is 43.5 Å². The molecule has 0 saturated carbocycles. The molecule has 2 rings (SSSR count). The van der Waals surface area contributed by atoms with Gasteiger partial charge in [-0.15, -0.1) is 11.3 Å². The van der Waals surface area contributed by atoms with Crippen LogP contribution in [0.2, 0.25) is 5.02 Å². The van der Waals surface area contributed by atoms with Crippen molar-refractivity contribution in [1.82, 2.24) is 15.5 Å². The standard InChI is InChI=1S/C13H16ClN3S/c1-4-15-12(13-11(14)5-6-18-13)10-7-8(2)16-17-9(10)3/h5-7,12,15H,4H2,1-3H3. The summed E-state index contributed by atoms with van der Waals surface area (Å²) in [5.74, 6) is 0. The molecule has 0 aliphatic carbocycles. The molecule has 3 nitrogen and oxygen atoms in total. The first-order valence-electron chi connectivity index (χ1n) is 5.90. The van der Waals surface area contributed by atoms with E-state index in [1.807, 2.05) is 25.3 Å². The Morgan fingerprint density at radius 3 is 2.78 bits per heavy atom. The third kappa shape index (κ3) is 2.71. The number of thiophene rings is 1. The van der Waals surface area contributed by atoms with Crippen LogP contribution in [0.25, 0.3) is 0 Å². The van der Waals surface area contributed by atoms with Crippen molar-refractivity contribution >= 4 is 22.9 Å². The third-order valence-electron chi connectivity index (χ3n) is 2.77. The van der Waals surface area contributed by atoms with Gasteiger partial charge in [0.1, 0.15) is 0 Å². The molecule has 2 aromatic heterocycles. The van der Waals surface area contributed by atoms with E-state index < -0.39 is 0 Å². The largest absolute Gasteiger partial charge is 0.306 e. The molecule has 2 heterocycles. The molecule has 0 fully saturated rings. The van der Waals surface area contributed by atoms with E-state index in [0.29, 0.717) is 0 Å². The molecule has 0 aliphatic heterocycles. The van der Waals surface area contributed by atoms with E-state index in [1.165, 1.54) is 0 Å². The van der Waals surface area contributed by atoms with Crippen LogP contribution in [-0.2, 0) is 0 Å². The zero-order valence-electron chi connectivity index (χ0n) is 10.7. The second kappa shape index (κ2) is 5.78. The summed E-state index contributed by atoms with van der Waals surface area (Å²) >= 11 is 7.91. The van der Waals surface area contributed by atoms with Crippen LogP contribution < -0.4 is 5.32 Å². The maximum atomic E-state index is 6.25. The van der Waals surface area contributed by atoms with Gasteiger partial charge in [-0.25, -0.2) is 0 Å². The lowest BCUT2D eigenvalue weighted by Gasteiger charge is -2.19. The Morgan fingerprint density at radius 2 is 2.17 bits per heavy atom. The molecule has 0 radical (unpaired) electrons. The fourth-order valence-electron chi connectivity index (χ4n) is 1.92.